The van der Waals surface area contributed by atoms with E-state index >= 15 is 0 Å². The maximum Gasteiger partial charge on any atom is 0.206 e. The molecule has 1 aromatic rings. The summed E-state index contributed by atoms with van der Waals surface area (Å²) >= 11 is 2.98. The molecule has 4 nitrogen and oxygen atoms in total. The Hall–Kier alpha value is -0.920. The Kier molecular flexibility index (Phi) is 4.82. The fraction of sp³-hybridized carbons (Fsp3) is 0.231. The summed E-state index contributed by atoms with van der Waals surface area (Å²) in [7, 11) is -2.94. The monoisotopic (exact) mass is 376 g/mol. The first-order valence-corrected chi connectivity index (χ1v) is 9.54. The van der Waals surface area contributed by atoms with E-state index in [2.05, 4.69) is 15.9 Å². The van der Waals surface area contributed by atoms with Crippen molar-refractivity contribution in [1.29, 1.82) is 0 Å². The van der Waals surface area contributed by atoms with Crippen LogP contribution in [-0.2, 0) is 26.4 Å². The third-order valence-electron chi connectivity index (χ3n) is 2.67. The van der Waals surface area contributed by atoms with Crippen molar-refractivity contribution in [2.75, 3.05) is 12.9 Å². The van der Waals surface area contributed by atoms with Gasteiger partial charge in [-0.25, -0.2) is 8.42 Å². The smallest absolute Gasteiger partial charge is 0.206 e. The van der Waals surface area contributed by atoms with Crippen molar-refractivity contribution in [1.82, 2.24) is 0 Å². The predicted molar refractivity (Wildman–Crippen MR) is 83.7 cm³/mol. The molecule has 2 rings (SSSR count). The molecule has 7 heteroatoms. The van der Waals surface area contributed by atoms with Crippen LogP contribution >= 0.6 is 15.9 Å². The van der Waals surface area contributed by atoms with Gasteiger partial charge in [0.05, 0.1) is 7.11 Å². The van der Waals surface area contributed by atoms with Crippen LogP contribution in [0.1, 0.15) is 5.56 Å². The quantitative estimate of drug-likeness (QED) is 0.791. The molecule has 0 aromatic heterocycles. The van der Waals surface area contributed by atoms with E-state index in [-0.39, 0.29) is 9.57 Å². The number of allylic oxidation sites excluding steroid dienone is 1. The Bertz CT molecular complexity index is 705. The minimum atomic E-state index is -3.34. The molecule has 0 bridgehead atoms. The van der Waals surface area contributed by atoms with Gasteiger partial charge in [0.1, 0.15) is 9.56 Å². The second-order valence-corrected chi connectivity index (χ2v) is 8.87. The molecule has 1 unspecified atom stereocenters. The maximum absolute atomic E-state index is 12.1. The number of halogens is 1. The lowest BCUT2D eigenvalue weighted by molar-refractivity contribution is 0.414. The average molecular weight is 377 g/mol. The lowest BCUT2D eigenvalue weighted by Gasteiger charge is -2.04. The molecule has 0 fully saturated rings. The van der Waals surface area contributed by atoms with E-state index in [0.717, 1.165) is 11.0 Å². The molecule has 0 saturated carbocycles. The molecule has 108 valence electrons. The SMILES string of the molecule is COc1cccc(CS(=O)CC2=CS(=O)(=O)C(Br)=C2)c1. The van der Waals surface area contributed by atoms with E-state index in [9.17, 15) is 12.6 Å². The molecule has 1 aliphatic rings. The minimum absolute atomic E-state index is 0.124. The van der Waals surface area contributed by atoms with E-state index in [4.69, 9.17) is 4.74 Å². The number of ether oxygens (including phenoxy) is 1. The maximum atomic E-state index is 12.1. The zero-order chi connectivity index (χ0) is 14.8. The number of sulfone groups is 1. The molecule has 0 spiro atoms. The highest BCUT2D eigenvalue weighted by atomic mass is 79.9. The highest BCUT2D eigenvalue weighted by Gasteiger charge is 2.21. The molecule has 0 aliphatic carbocycles. The van der Waals surface area contributed by atoms with Crippen LogP contribution in [0.3, 0.4) is 0 Å². The van der Waals surface area contributed by atoms with Gasteiger partial charge in [-0.15, -0.1) is 0 Å². The van der Waals surface area contributed by atoms with Gasteiger partial charge in [-0.05, 0) is 45.3 Å². The third-order valence-corrected chi connectivity index (χ3v) is 6.83. The van der Waals surface area contributed by atoms with Crippen LogP contribution in [-0.4, -0.2) is 25.5 Å². The molecular weight excluding hydrogens is 364 g/mol. The first kappa shape index (κ1) is 15.5. The molecule has 1 aromatic carbocycles. The summed E-state index contributed by atoms with van der Waals surface area (Å²) in [5.74, 6) is 1.29. The molecule has 0 saturated heterocycles. The number of methoxy groups -OCH3 is 1. The van der Waals surface area contributed by atoms with Crippen LogP contribution in [0.25, 0.3) is 0 Å². The zero-order valence-electron chi connectivity index (χ0n) is 10.7. The van der Waals surface area contributed by atoms with Crippen molar-refractivity contribution in [2.45, 2.75) is 5.75 Å². The van der Waals surface area contributed by atoms with Crippen molar-refractivity contribution in [3.8, 4) is 5.75 Å². The molecule has 1 heterocycles. The standard InChI is InChI=1S/C13H13BrO4S2/c1-18-12-4-2-3-10(5-12)7-19(15)8-11-6-13(14)20(16,17)9-11/h2-6,9H,7-8H2,1H3. The van der Waals surface area contributed by atoms with Crippen LogP contribution in [0.4, 0.5) is 0 Å². The Morgan fingerprint density at radius 2 is 2.05 bits per heavy atom. The van der Waals surface area contributed by atoms with Crippen LogP contribution in [0.5, 0.6) is 5.75 Å². The van der Waals surface area contributed by atoms with Gasteiger partial charge >= 0.3 is 0 Å². The average Bonchev–Trinajstić information content (AvgIpc) is 2.62. The van der Waals surface area contributed by atoms with Crippen LogP contribution < -0.4 is 4.74 Å². The van der Waals surface area contributed by atoms with E-state index in [1.165, 1.54) is 6.08 Å². The summed E-state index contributed by atoms with van der Waals surface area (Å²) in [5, 5.41) is 1.15. The summed E-state index contributed by atoms with van der Waals surface area (Å²) in [6, 6.07) is 7.34. The third kappa shape index (κ3) is 3.80. The molecule has 20 heavy (non-hydrogen) atoms. The predicted octanol–water partition coefficient (Wildman–Crippen LogP) is 2.49. The number of benzene rings is 1. The first-order chi connectivity index (χ1) is 9.40. The van der Waals surface area contributed by atoms with Gasteiger partial charge in [0, 0.05) is 27.7 Å². The molecular formula is C13H13BrO4S2. The van der Waals surface area contributed by atoms with Crippen molar-refractivity contribution in [2.24, 2.45) is 0 Å². The Labute approximate surface area is 129 Å². The summed E-state index contributed by atoms with van der Waals surface area (Å²) < 4.78 is 40.3. The normalized spacial score (nSPS) is 18.3. The highest BCUT2D eigenvalue weighted by molar-refractivity contribution is 9.13. The van der Waals surface area contributed by atoms with Crippen LogP contribution in [0.15, 0.2) is 45.1 Å². The minimum Gasteiger partial charge on any atom is -0.497 e. The van der Waals surface area contributed by atoms with Crippen molar-refractivity contribution >= 4 is 36.6 Å². The Morgan fingerprint density at radius 3 is 2.65 bits per heavy atom. The topological polar surface area (TPSA) is 60.4 Å². The van der Waals surface area contributed by atoms with Crippen molar-refractivity contribution in [3.63, 3.8) is 0 Å². The molecule has 1 atom stereocenters. The van der Waals surface area contributed by atoms with E-state index in [0.29, 0.717) is 17.1 Å². The van der Waals surface area contributed by atoms with Gasteiger partial charge < -0.3 is 4.74 Å². The van der Waals surface area contributed by atoms with Gasteiger partial charge in [0.25, 0.3) is 0 Å². The Balaban J connectivity index is 2.04. The fourth-order valence-corrected chi connectivity index (χ4v) is 4.63. The second kappa shape index (κ2) is 6.24. The van der Waals surface area contributed by atoms with Crippen LogP contribution in [0, 0.1) is 0 Å². The number of rotatable bonds is 5. The molecule has 1 aliphatic heterocycles. The Morgan fingerprint density at radius 1 is 1.30 bits per heavy atom. The van der Waals surface area contributed by atoms with Gasteiger partial charge in [-0.1, -0.05) is 12.1 Å². The highest BCUT2D eigenvalue weighted by Crippen LogP contribution is 2.27. The van der Waals surface area contributed by atoms with Gasteiger partial charge in [0.15, 0.2) is 0 Å². The van der Waals surface area contributed by atoms with E-state index < -0.39 is 20.6 Å². The lowest BCUT2D eigenvalue weighted by Crippen LogP contribution is -2.02. The fourth-order valence-electron chi connectivity index (χ4n) is 1.78. The number of hydrogen-bond acceptors (Lipinski definition) is 4. The summed E-state index contributed by atoms with van der Waals surface area (Å²) in [4.78, 5) is 0. The second-order valence-electron chi connectivity index (χ2n) is 4.27. The first-order valence-electron chi connectivity index (χ1n) is 5.71. The van der Waals surface area contributed by atoms with E-state index in [1.54, 1.807) is 7.11 Å². The van der Waals surface area contributed by atoms with Gasteiger partial charge in [-0.2, -0.15) is 0 Å². The van der Waals surface area contributed by atoms with Crippen molar-refractivity contribution < 1.29 is 17.4 Å². The largest absolute Gasteiger partial charge is 0.497 e. The van der Waals surface area contributed by atoms with Crippen LogP contribution in [0.2, 0.25) is 0 Å². The van der Waals surface area contributed by atoms with Crippen molar-refractivity contribution in [3.05, 3.63) is 50.7 Å². The zero-order valence-corrected chi connectivity index (χ0v) is 13.9. The van der Waals surface area contributed by atoms with Gasteiger partial charge in [0.2, 0.25) is 9.84 Å². The summed E-state index contributed by atoms with van der Waals surface area (Å²) in [6.45, 7) is 0. The number of hydrogen-bond donors (Lipinski definition) is 0. The van der Waals surface area contributed by atoms with Gasteiger partial charge in [-0.3, -0.25) is 4.21 Å². The van der Waals surface area contributed by atoms with E-state index in [1.807, 2.05) is 24.3 Å². The summed E-state index contributed by atoms with van der Waals surface area (Å²) in [6.07, 6.45) is 1.50. The molecule has 0 radical (unpaired) electrons. The summed E-state index contributed by atoms with van der Waals surface area (Å²) in [5.41, 5.74) is 1.45. The molecule has 0 N–H and O–H groups in total. The molecule has 0 amide bonds. The lowest BCUT2D eigenvalue weighted by atomic mass is 10.2.